The summed E-state index contributed by atoms with van der Waals surface area (Å²) in [5, 5.41) is 3.22. The largest absolute Gasteiger partial charge is 0.310 e. The molecule has 0 amide bonds. The summed E-state index contributed by atoms with van der Waals surface area (Å²) < 4.78 is 0. The van der Waals surface area contributed by atoms with Crippen molar-refractivity contribution in [2.45, 2.75) is 93.5 Å². The summed E-state index contributed by atoms with van der Waals surface area (Å²) in [7, 11) is 1.95. The third kappa shape index (κ3) is 14.3. The van der Waals surface area contributed by atoms with Crippen LogP contribution in [0, 0.1) is 0 Å². The predicted molar refractivity (Wildman–Crippen MR) is 192 cm³/mol. The zero-order valence-electron chi connectivity index (χ0n) is 28.6. The predicted octanol–water partition coefficient (Wildman–Crippen LogP) is 11.3. The summed E-state index contributed by atoms with van der Waals surface area (Å²) in [4.78, 5) is 8.81. The summed E-state index contributed by atoms with van der Waals surface area (Å²) in [6.45, 7) is 27.9. The Morgan fingerprint density at radius 2 is 1.63 bits per heavy atom. The van der Waals surface area contributed by atoms with Gasteiger partial charge in [-0.15, -0.1) is 5.73 Å². The molecule has 1 aliphatic rings. The molecule has 0 aliphatic heterocycles. The average molecular weight is 580 g/mol. The molecule has 0 fully saturated rings. The van der Waals surface area contributed by atoms with Crippen molar-refractivity contribution in [3.05, 3.63) is 142 Å². The quantitative estimate of drug-likeness (QED) is 0.131. The highest BCUT2D eigenvalue weighted by Gasteiger charge is 2.12. The van der Waals surface area contributed by atoms with E-state index in [1.807, 2.05) is 46.0 Å². The Balaban J connectivity index is 0.000000861. The van der Waals surface area contributed by atoms with Crippen molar-refractivity contribution in [1.29, 1.82) is 0 Å². The maximum atomic E-state index is 8.81. The van der Waals surface area contributed by atoms with Crippen LogP contribution in [0.3, 0.4) is 0 Å². The molecular weight excluding hydrogens is 522 g/mol. The molecule has 0 saturated heterocycles. The van der Waals surface area contributed by atoms with E-state index in [1.54, 1.807) is 0 Å². The zero-order chi connectivity index (χ0) is 32.8. The maximum absolute atomic E-state index is 8.81. The molecule has 2 nitrogen and oxygen atoms in total. The first kappa shape index (κ1) is 39.3. The van der Waals surface area contributed by atoms with Crippen LogP contribution in [-0.4, -0.2) is 13.3 Å². The van der Waals surface area contributed by atoms with Gasteiger partial charge in [0.05, 0.1) is 6.04 Å². The SMILES string of the molecule is C=C(C)C(NC)c1ccccc1.C=C=C(C)c1cc(CC/C(=C/C(=C)C)C2=CCCC=C2C)ccc1CC.CC.CC=O. The summed E-state index contributed by atoms with van der Waals surface area (Å²) in [6.07, 6.45) is 13.1. The van der Waals surface area contributed by atoms with E-state index in [0.29, 0.717) is 0 Å². The van der Waals surface area contributed by atoms with E-state index in [2.05, 4.69) is 107 Å². The van der Waals surface area contributed by atoms with E-state index in [1.165, 1.54) is 45.9 Å². The fourth-order valence-corrected chi connectivity index (χ4v) is 4.92. The molecule has 0 saturated carbocycles. The number of nitrogens with one attached hydrogen (secondary N) is 1. The van der Waals surface area contributed by atoms with Crippen LogP contribution in [0.1, 0.15) is 103 Å². The molecule has 2 heteroatoms. The van der Waals surface area contributed by atoms with Gasteiger partial charge in [-0.2, -0.15) is 0 Å². The average Bonchev–Trinajstić information content (AvgIpc) is 3.01. The Labute approximate surface area is 264 Å². The topological polar surface area (TPSA) is 29.1 Å². The van der Waals surface area contributed by atoms with Crippen molar-refractivity contribution in [2.75, 3.05) is 7.05 Å². The van der Waals surface area contributed by atoms with E-state index >= 15 is 0 Å². The molecule has 1 aliphatic carbocycles. The van der Waals surface area contributed by atoms with Gasteiger partial charge in [0, 0.05) is 0 Å². The lowest BCUT2D eigenvalue weighted by molar-refractivity contribution is -0.106. The summed E-state index contributed by atoms with van der Waals surface area (Å²) >= 11 is 0. The first-order chi connectivity index (χ1) is 20.6. The van der Waals surface area contributed by atoms with Crippen molar-refractivity contribution in [1.82, 2.24) is 5.32 Å². The Morgan fingerprint density at radius 1 is 1.02 bits per heavy atom. The van der Waals surface area contributed by atoms with E-state index < -0.39 is 0 Å². The first-order valence-corrected chi connectivity index (χ1v) is 15.6. The van der Waals surface area contributed by atoms with E-state index in [4.69, 9.17) is 4.79 Å². The van der Waals surface area contributed by atoms with Crippen LogP contribution in [0.4, 0.5) is 0 Å². The van der Waals surface area contributed by atoms with Gasteiger partial charge in [0.2, 0.25) is 0 Å². The van der Waals surface area contributed by atoms with Gasteiger partial charge in [0.25, 0.3) is 0 Å². The molecule has 1 N–H and O–H groups in total. The normalized spacial score (nSPS) is 12.6. The van der Waals surface area contributed by atoms with Gasteiger partial charge >= 0.3 is 0 Å². The fourth-order valence-electron chi connectivity index (χ4n) is 4.92. The molecule has 2 aromatic rings. The minimum Gasteiger partial charge on any atom is -0.310 e. The molecule has 43 heavy (non-hydrogen) atoms. The monoisotopic (exact) mass is 579 g/mol. The molecule has 0 spiro atoms. The molecule has 3 rings (SSSR count). The minimum atomic E-state index is 0.284. The van der Waals surface area contributed by atoms with Gasteiger partial charge in [0.15, 0.2) is 0 Å². The Morgan fingerprint density at radius 3 is 2.12 bits per heavy atom. The van der Waals surface area contributed by atoms with Gasteiger partial charge in [-0.05, 0) is 118 Å². The van der Waals surface area contributed by atoms with Crippen molar-refractivity contribution in [3.63, 3.8) is 0 Å². The number of likely N-dealkylation sites (N-methyl/N-ethyl adjacent to an activating group) is 1. The molecule has 0 radical (unpaired) electrons. The molecular formula is C41H57NO. The number of hydrogen-bond donors (Lipinski definition) is 1. The third-order valence-corrected chi connectivity index (χ3v) is 6.98. The van der Waals surface area contributed by atoms with Crippen LogP contribution < -0.4 is 5.32 Å². The molecule has 0 bridgehead atoms. The van der Waals surface area contributed by atoms with Crippen LogP contribution in [0.15, 0.2) is 120 Å². The summed E-state index contributed by atoms with van der Waals surface area (Å²) in [6, 6.07) is 17.5. The fraction of sp³-hybridized carbons (Fsp3) is 0.366. The van der Waals surface area contributed by atoms with Gasteiger partial charge in [-0.1, -0.05) is 118 Å². The van der Waals surface area contributed by atoms with Crippen LogP contribution >= 0.6 is 0 Å². The summed E-state index contributed by atoms with van der Waals surface area (Å²) in [5.74, 6) is 0. The van der Waals surface area contributed by atoms with Crippen molar-refractivity contribution in [2.24, 2.45) is 0 Å². The van der Waals surface area contributed by atoms with E-state index in [-0.39, 0.29) is 6.04 Å². The number of aldehydes is 1. The lowest BCUT2D eigenvalue weighted by atomic mass is 9.87. The number of rotatable bonds is 10. The second kappa shape index (κ2) is 22.8. The molecule has 0 heterocycles. The van der Waals surface area contributed by atoms with E-state index in [0.717, 1.165) is 55.1 Å². The number of hydrogen-bond acceptors (Lipinski definition) is 2. The Kier molecular flexibility index (Phi) is 20.9. The zero-order valence-corrected chi connectivity index (χ0v) is 28.6. The number of aryl methyl sites for hydroxylation is 2. The van der Waals surface area contributed by atoms with Crippen LogP contribution in [0.25, 0.3) is 5.57 Å². The second-order valence-electron chi connectivity index (χ2n) is 10.5. The third-order valence-electron chi connectivity index (χ3n) is 6.98. The van der Waals surface area contributed by atoms with Gasteiger partial charge in [-0.3, -0.25) is 0 Å². The highest BCUT2D eigenvalue weighted by molar-refractivity contribution is 5.66. The molecule has 232 valence electrons. The summed E-state index contributed by atoms with van der Waals surface area (Å²) in [5.41, 5.74) is 16.0. The molecule has 1 atom stereocenters. The number of carbonyl (C=O) groups excluding carboxylic acids is 1. The Bertz CT molecular complexity index is 1300. The minimum absolute atomic E-state index is 0.284. The van der Waals surface area contributed by atoms with Crippen LogP contribution in [0.5, 0.6) is 0 Å². The van der Waals surface area contributed by atoms with Crippen molar-refractivity contribution in [3.8, 4) is 0 Å². The van der Waals surface area contributed by atoms with E-state index in [9.17, 15) is 0 Å². The van der Waals surface area contributed by atoms with Gasteiger partial charge < -0.3 is 10.1 Å². The standard InChI is InChI=1S/C26H32.C11H15N.C2H4O.C2H6/c1-7-20(5)26-18-22(13-15-23(26)8-2)14-16-24(17-19(3)4)25-12-10-9-11-21(25)6;1-9(2)11(12-3)10-7-5-4-6-8-10;1-2-3;1-2/h11-13,15,17-18H,1,3,8-10,14,16H2,2,4-6H3;4-8,11-12H,1H2,2-3H3;2H,1H3;1-2H3/b24-17-;;;. The van der Waals surface area contributed by atoms with Crippen LogP contribution in [-0.2, 0) is 17.6 Å². The maximum Gasteiger partial charge on any atom is 0.116 e. The smallest absolute Gasteiger partial charge is 0.116 e. The molecule has 1 unspecified atom stereocenters. The number of carbonyl (C=O) groups is 1. The highest BCUT2D eigenvalue weighted by atomic mass is 16.1. The first-order valence-electron chi connectivity index (χ1n) is 15.6. The lowest BCUT2D eigenvalue weighted by Gasteiger charge is -2.18. The van der Waals surface area contributed by atoms with Crippen molar-refractivity contribution < 1.29 is 4.79 Å². The van der Waals surface area contributed by atoms with Gasteiger partial charge in [0.1, 0.15) is 6.29 Å². The second-order valence-corrected chi connectivity index (χ2v) is 10.5. The van der Waals surface area contributed by atoms with Crippen molar-refractivity contribution >= 4 is 11.9 Å². The Hall–Kier alpha value is -3.71. The molecule has 2 aromatic carbocycles. The highest BCUT2D eigenvalue weighted by Crippen LogP contribution is 2.30. The molecule has 0 aromatic heterocycles. The lowest BCUT2D eigenvalue weighted by Crippen LogP contribution is -2.16. The van der Waals surface area contributed by atoms with Gasteiger partial charge in [-0.25, -0.2) is 0 Å². The van der Waals surface area contributed by atoms with Crippen LogP contribution in [0.2, 0.25) is 0 Å². The number of benzene rings is 2. The number of allylic oxidation sites excluding steroid dienone is 8.